The van der Waals surface area contributed by atoms with Crippen LogP contribution in [-0.2, 0) is 4.79 Å². The van der Waals surface area contributed by atoms with Gasteiger partial charge in [-0.15, -0.1) is 0 Å². The summed E-state index contributed by atoms with van der Waals surface area (Å²) < 4.78 is 5.01. The third kappa shape index (κ3) is 2.25. The van der Waals surface area contributed by atoms with Crippen molar-refractivity contribution in [3.63, 3.8) is 0 Å². The minimum atomic E-state index is -0.440. The molecule has 0 atom stereocenters. The van der Waals surface area contributed by atoms with E-state index >= 15 is 0 Å². The van der Waals surface area contributed by atoms with Crippen LogP contribution < -0.4 is 10.2 Å². The van der Waals surface area contributed by atoms with Crippen LogP contribution in [0.2, 0.25) is 0 Å². The second-order valence-electron chi connectivity index (χ2n) is 2.24. The van der Waals surface area contributed by atoms with E-state index in [1.807, 2.05) is 24.3 Å². The number of hydroxylamine groups is 1. The molecule has 2 heterocycles. The fourth-order valence-corrected chi connectivity index (χ4v) is 0.679. The van der Waals surface area contributed by atoms with Crippen LogP contribution in [0, 0.1) is 0 Å². The fourth-order valence-electron chi connectivity index (χ4n) is 0.679. The summed E-state index contributed by atoms with van der Waals surface area (Å²) in [6, 6.07) is 7.86. The van der Waals surface area contributed by atoms with Crippen molar-refractivity contribution in [3.8, 4) is 11.5 Å². The van der Waals surface area contributed by atoms with Gasteiger partial charge >= 0.3 is 0 Å². The van der Waals surface area contributed by atoms with E-state index in [2.05, 4.69) is 0 Å². The molecule has 2 bridgehead atoms. The average Bonchev–Trinajstić information content (AvgIpc) is 2.06. The zero-order valence-corrected chi connectivity index (χ0v) is 6.57. The van der Waals surface area contributed by atoms with Crippen LogP contribution in [0.25, 0.3) is 0 Å². The Kier molecular flexibility index (Phi) is 2.66. The highest BCUT2D eigenvalue weighted by molar-refractivity contribution is 5.71. The molecule has 1 aromatic carbocycles. The second-order valence-corrected chi connectivity index (χ2v) is 2.24. The maximum absolute atomic E-state index is 9.45. The molecule has 0 aliphatic carbocycles. The van der Waals surface area contributed by atoms with Crippen LogP contribution >= 0.6 is 0 Å². The monoisotopic (exact) mass is 167 g/mol. The Morgan fingerprint density at radius 1 is 1.50 bits per heavy atom. The highest BCUT2D eigenvalue weighted by atomic mass is 16.5. The SMILES string of the molecule is CC(=O)NO.c1cc2cc(c1)O2. The molecule has 1 aromatic rings. The molecule has 0 saturated carbocycles. The number of hydrogen-bond acceptors (Lipinski definition) is 3. The van der Waals surface area contributed by atoms with E-state index in [9.17, 15) is 4.79 Å². The number of carbonyl (C=O) groups is 1. The molecule has 0 fully saturated rings. The number of amides is 1. The molecule has 0 unspecified atom stereocenters. The molecule has 1 amide bonds. The van der Waals surface area contributed by atoms with Crippen LogP contribution in [0.1, 0.15) is 6.92 Å². The molecule has 3 rings (SSSR count). The first-order valence-electron chi connectivity index (χ1n) is 3.41. The van der Waals surface area contributed by atoms with Crippen molar-refractivity contribution in [2.24, 2.45) is 0 Å². The van der Waals surface area contributed by atoms with Gasteiger partial charge < -0.3 is 4.74 Å². The minimum absolute atomic E-state index is 0.440. The van der Waals surface area contributed by atoms with Crippen LogP contribution in [0.3, 0.4) is 0 Å². The van der Waals surface area contributed by atoms with Gasteiger partial charge in [0.1, 0.15) is 11.5 Å². The molecular formula is C8H9NO3. The summed E-state index contributed by atoms with van der Waals surface area (Å²) in [7, 11) is 0. The highest BCUT2D eigenvalue weighted by Crippen LogP contribution is 2.32. The average molecular weight is 167 g/mol. The lowest BCUT2D eigenvalue weighted by atomic mass is 10.2. The van der Waals surface area contributed by atoms with Gasteiger partial charge in [-0.25, -0.2) is 5.48 Å². The summed E-state index contributed by atoms with van der Waals surface area (Å²) in [6.07, 6.45) is 0. The normalized spacial score (nSPS) is 9.83. The molecule has 2 aliphatic rings. The Bertz CT molecular complexity index is 261. The molecule has 2 aliphatic heterocycles. The molecule has 4 nitrogen and oxygen atoms in total. The van der Waals surface area contributed by atoms with E-state index < -0.39 is 5.91 Å². The van der Waals surface area contributed by atoms with Crippen molar-refractivity contribution >= 4 is 5.91 Å². The van der Waals surface area contributed by atoms with Gasteiger partial charge in [-0.2, -0.15) is 0 Å². The number of fused-ring (bicyclic) bond motifs is 2. The van der Waals surface area contributed by atoms with Gasteiger partial charge in [-0.3, -0.25) is 10.0 Å². The zero-order valence-electron chi connectivity index (χ0n) is 6.57. The number of carbonyl (C=O) groups excluding carboxylic acids is 1. The fraction of sp³-hybridized carbons (Fsp3) is 0.125. The van der Waals surface area contributed by atoms with Crippen LogP contribution in [0.15, 0.2) is 24.3 Å². The van der Waals surface area contributed by atoms with Crippen LogP contribution in [-0.4, -0.2) is 11.1 Å². The van der Waals surface area contributed by atoms with Crippen molar-refractivity contribution in [1.29, 1.82) is 0 Å². The standard InChI is InChI=1S/C6H4O.C2H5NO2/c1-2-5-4-6(3-1)7-5;1-2(4)3-5/h1-4H;5H,1H3,(H,3,4). The van der Waals surface area contributed by atoms with E-state index in [1.54, 1.807) is 0 Å². The Labute approximate surface area is 69.7 Å². The molecule has 0 aromatic heterocycles. The summed E-state index contributed by atoms with van der Waals surface area (Å²) in [4.78, 5) is 9.45. The lowest BCUT2D eigenvalue weighted by Gasteiger charge is -2.13. The Morgan fingerprint density at radius 2 is 1.92 bits per heavy atom. The molecule has 2 N–H and O–H groups in total. The maximum atomic E-state index is 9.45. The lowest BCUT2D eigenvalue weighted by Crippen LogP contribution is -2.12. The van der Waals surface area contributed by atoms with Gasteiger partial charge in [0.05, 0.1) is 0 Å². The summed E-state index contributed by atoms with van der Waals surface area (Å²) >= 11 is 0. The Balaban J connectivity index is 0.000000130. The molecule has 0 radical (unpaired) electrons. The predicted molar refractivity (Wildman–Crippen MR) is 42.1 cm³/mol. The summed E-state index contributed by atoms with van der Waals surface area (Å²) in [6.45, 7) is 1.22. The van der Waals surface area contributed by atoms with Crippen molar-refractivity contribution in [2.75, 3.05) is 0 Å². The van der Waals surface area contributed by atoms with Crippen molar-refractivity contribution in [2.45, 2.75) is 6.92 Å². The van der Waals surface area contributed by atoms with E-state index in [0.717, 1.165) is 11.5 Å². The van der Waals surface area contributed by atoms with Crippen LogP contribution in [0.4, 0.5) is 0 Å². The van der Waals surface area contributed by atoms with Gasteiger partial charge in [-0.05, 0) is 12.1 Å². The Morgan fingerprint density at radius 3 is 2.00 bits per heavy atom. The summed E-state index contributed by atoms with van der Waals surface area (Å²) in [5.41, 5.74) is 1.39. The van der Waals surface area contributed by atoms with E-state index in [0.29, 0.717) is 0 Å². The third-order valence-corrected chi connectivity index (χ3v) is 1.20. The molecule has 0 saturated heterocycles. The van der Waals surface area contributed by atoms with E-state index in [1.165, 1.54) is 12.4 Å². The summed E-state index contributed by atoms with van der Waals surface area (Å²) in [5, 5.41) is 7.54. The van der Waals surface area contributed by atoms with E-state index in [-0.39, 0.29) is 0 Å². The number of benzene rings is 1. The van der Waals surface area contributed by atoms with Crippen molar-refractivity contribution in [3.05, 3.63) is 24.3 Å². The first-order chi connectivity index (χ1) is 5.72. The van der Waals surface area contributed by atoms with Gasteiger partial charge in [-0.1, -0.05) is 6.07 Å². The predicted octanol–water partition coefficient (Wildman–Crippen LogP) is 1.30. The highest BCUT2D eigenvalue weighted by Gasteiger charge is 2.05. The van der Waals surface area contributed by atoms with Crippen LogP contribution in [0.5, 0.6) is 11.5 Å². The van der Waals surface area contributed by atoms with Gasteiger partial charge in [0.15, 0.2) is 0 Å². The zero-order chi connectivity index (χ0) is 8.97. The number of nitrogens with one attached hydrogen (secondary N) is 1. The number of ether oxygens (including phenoxy) is 1. The summed E-state index contributed by atoms with van der Waals surface area (Å²) in [5.74, 6) is 1.53. The van der Waals surface area contributed by atoms with Gasteiger partial charge in [0.25, 0.3) is 0 Å². The molecule has 0 spiro atoms. The van der Waals surface area contributed by atoms with Gasteiger partial charge in [0, 0.05) is 13.0 Å². The second kappa shape index (κ2) is 3.73. The minimum Gasteiger partial charge on any atom is -0.457 e. The first kappa shape index (κ1) is 8.55. The van der Waals surface area contributed by atoms with Crippen molar-refractivity contribution < 1.29 is 14.7 Å². The molecule has 12 heavy (non-hydrogen) atoms. The number of rotatable bonds is 0. The molecule has 4 heteroatoms. The van der Waals surface area contributed by atoms with Gasteiger partial charge in [0.2, 0.25) is 5.91 Å². The molecular weight excluding hydrogens is 158 g/mol. The third-order valence-electron chi connectivity index (χ3n) is 1.20. The lowest BCUT2D eigenvalue weighted by molar-refractivity contribution is -0.126. The maximum Gasteiger partial charge on any atom is 0.240 e. The van der Waals surface area contributed by atoms with Crippen molar-refractivity contribution in [1.82, 2.24) is 5.48 Å². The smallest absolute Gasteiger partial charge is 0.240 e. The Hall–Kier alpha value is -1.55. The largest absolute Gasteiger partial charge is 0.457 e. The molecule has 64 valence electrons. The first-order valence-corrected chi connectivity index (χ1v) is 3.41. The van der Waals surface area contributed by atoms with E-state index in [4.69, 9.17) is 9.94 Å². The number of hydrogen-bond donors (Lipinski definition) is 2. The topological polar surface area (TPSA) is 58.6 Å². The quantitative estimate of drug-likeness (QED) is 0.459.